The Morgan fingerprint density at radius 2 is 1.75 bits per heavy atom. The lowest BCUT2D eigenvalue weighted by molar-refractivity contribution is -0.118. The van der Waals surface area contributed by atoms with Crippen LogP contribution >= 0.6 is 31.9 Å². The third-order valence-corrected chi connectivity index (χ3v) is 6.11. The van der Waals surface area contributed by atoms with Gasteiger partial charge < -0.3 is 20.1 Å². The summed E-state index contributed by atoms with van der Waals surface area (Å²) in [6.07, 6.45) is 1.41. The molecule has 0 aliphatic carbocycles. The predicted octanol–water partition coefficient (Wildman–Crippen LogP) is 6.40. The van der Waals surface area contributed by atoms with E-state index in [1.807, 2.05) is 38.1 Å². The second-order valence-corrected chi connectivity index (χ2v) is 9.58. The molecule has 9 heteroatoms. The average Bonchev–Trinajstić information content (AvgIpc) is 2.84. The molecule has 7 nitrogen and oxygen atoms in total. The summed E-state index contributed by atoms with van der Waals surface area (Å²) in [5, 5.41) is 15.2. The molecule has 2 amide bonds. The molecule has 3 aromatic carbocycles. The number of aryl methyl sites for hydroxylation is 2. The summed E-state index contributed by atoms with van der Waals surface area (Å²) in [5.74, 6) is 0.0364. The van der Waals surface area contributed by atoms with Crippen molar-refractivity contribution in [2.75, 3.05) is 24.4 Å². The van der Waals surface area contributed by atoms with Crippen molar-refractivity contribution < 1.29 is 19.1 Å². The van der Waals surface area contributed by atoms with E-state index in [9.17, 15) is 14.9 Å². The van der Waals surface area contributed by atoms with Gasteiger partial charge in [-0.15, -0.1) is 0 Å². The lowest BCUT2D eigenvalue weighted by Gasteiger charge is -2.14. The van der Waals surface area contributed by atoms with E-state index in [4.69, 9.17) is 9.47 Å². The number of nitriles is 1. The van der Waals surface area contributed by atoms with Gasteiger partial charge in [0.15, 0.2) is 6.61 Å². The third-order valence-electron chi connectivity index (χ3n) is 5.06. The van der Waals surface area contributed by atoms with Gasteiger partial charge in [0.1, 0.15) is 23.1 Å². The van der Waals surface area contributed by atoms with Crippen LogP contribution in [0.25, 0.3) is 6.08 Å². The molecule has 0 unspecified atom stereocenters. The molecular formula is C27H23Br2N3O4. The summed E-state index contributed by atoms with van der Waals surface area (Å²) < 4.78 is 12.2. The Balaban J connectivity index is 1.80. The van der Waals surface area contributed by atoms with E-state index in [-0.39, 0.29) is 18.1 Å². The number of hydrogen-bond donors (Lipinski definition) is 2. The summed E-state index contributed by atoms with van der Waals surface area (Å²) in [4.78, 5) is 25.3. The number of nitrogens with one attached hydrogen (secondary N) is 2. The number of benzene rings is 3. The van der Waals surface area contributed by atoms with Crippen LogP contribution < -0.4 is 20.1 Å². The van der Waals surface area contributed by atoms with Gasteiger partial charge in [0, 0.05) is 21.4 Å². The maximum atomic E-state index is 12.8. The van der Waals surface area contributed by atoms with Crippen molar-refractivity contribution in [3.63, 3.8) is 0 Å². The van der Waals surface area contributed by atoms with Crippen LogP contribution in [0.2, 0.25) is 0 Å². The van der Waals surface area contributed by atoms with Crippen LogP contribution in [0.4, 0.5) is 11.4 Å². The predicted molar refractivity (Wildman–Crippen MR) is 147 cm³/mol. The van der Waals surface area contributed by atoms with Gasteiger partial charge in [0.25, 0.3) is 11.8 Å². The normalized spacial score (nSPS) is 10.8. The number of halogens is 2. The summed E-state index contributed by atoms with van der Waals surface area (Å²) in [5.41, 5.74) is 3.48. The molecule has 0 radical (unpaired) electrons. The SMILES string of the molecule is COc1ccc(NC(=O)/C(C#N)=C\c2cc(Br)cc(Br)c2OCC(=O)Nc2cc(C)ccc2C)cc1. The van der Waals surface area contributed by atoms with Gasteiger partial charge >= 0.3 is 0 Å². The highest BCUT2D eigenvalue weighted by Gasteiger charge is 2.16. The zero-order chi connectivity index (χ0) is 26.2. The van der Waals surface area contributed by atoms with E-state index in [1.165, 1.54) is 6.08 Å². The van der Waals surface area contributed by atoms with Crippen molar-refractivity contribution in [1.29, 1.82) is 5.26 Å². The summed E-state index contributed by atoms with van der Waals surface area (Å²) in [6.45, 7) is 3.58. The molecular weight excluding hydrogens is 590 g/mol. The smallest absolute Gasteiger partial charge is 0.266 e. The van der Waals surface area contributed by atoms with Crippen molar-refractivity contribution in [1.82, 2.24) is 0 Å². The minimum absolute atomic E-state index is 0.138. The first-order valence-corrected chi connectivity index (χ1v) is 12.3. The minimum atomic E-state index is -0.586. The molecule has 184 valence electrons. The van der Waals surface area contributed by atoms with Crippen molar-refractivity contribution >= 4 is 61.1 Å². The minimum Gasteiger partial charge on any atom is -0.497 e. The molecule has 0 aromatic heterocycles. The van der Waals surface area contributed by atoms with E-state index in [1.54, 1.807) is 43.5 Å². The quantitative estimate of drug-likeness (QED) is 0.226. The Morgan fingerprint density at radius 3 is 2.42 bits per heavy atom. The Labute approximate surface area is 226 Å². The van der Waals surface area contributed by atoms with Gasteiger partial charge in [-0.3, -0.25) is 9.59 Å². The first-order valence-electron chi connectivity index (χ1n) is 10.8. The average molecular weight is 613 g/mol. The fraction of sp³-hybridized carbons (Fsp3) is 0.148. The Bertz CT molecular complexity index is 1360. The fourth-order valence-corrected chi connectivity index (χ4v) is 4.58. The number of carbonyl (C=O) groups is 2. The molecule has 3 aromatic rings. The molecule has 0 saturated heterocycles. The van der Waals surface area contributed by atoms with E-state index in [2.05, 4.69) is 42.5 Å². The van der Waals surface area contributed by atoms with E-state index < -0.39 is 5.91 Å². The summed E-state index contributed by atoms with van der Waals surface area (Å²) >= 11 is 6.85. The zero-order valence-electron chi connectivity index (χ0n) is 19.8. The van der Waals surface area contributed by atoms with Crippen molar-refractivity contribution in [2.45, 2.75) is 13.8 Å². The third kappa shape index (κ3) is 7.20. The Hall–Kier alpha value is -3.61. The molecule has 3 rings (SSSR count). The lowest BCUT2D eigenvalue weighted by atomic mass is 10.1. The fourth-order valence-electron chi connectivity index (χ4n) is 3.21. The van der Waals surface area contributed by atoms with Crippen molar-refractivity contribution in [3.05, 3.63) is 85.8 Å². The molecule has 0 fully saturated rings. The van der Waals surface area contributed by atoms with Crippen LogP contribution in [0.5, 0.6) is 11.5 Å². The van der Waals surface area contributed by atoms with Crippen LogP contribution in [-0.4, -0.2) is 25.5 Å². The maximum absolute atomic E-state index is 12.8. The standard InChI is InChI=1S/C27H23Br2N3O4/c1-16-4-5-17(2)24(10-16)32-25(33)15-36-26-18(12-20(28)13-23(26)29)11-19(14-30)27(34)31-21-6-8-22(35-3)9-7-21/h4-13H,15H2,1-3H3,(H,31,34)(H,32,33)/b19-11-. The molecule has 0 bridgehead atoms. The lowest BCUT2D eigenvalue weighted by Crippen LogP contribution is -2.21. The van der Waals surface area contributed by atoms with Crippen molar-refractivity contribution in [3.8, 4) is 17.6 Å². The van der Waals surface area contributed by atoms with Gasteiger partial charge in [-0.2, -0.15) is 5.26 Å². The Kier molecular flexibility index (Phi) is 9.28. The monoisotopic (exact) mass is 611 g/mol. The van der Waals surface area contributed by atoms with E-state index >= 15 is 0 Å². The first-order chi connectivity index (χ1) is 17.2. The van der Waals surface area contributed by atoms with Crippen LogP contribution in [0.15, 0.2) is 69.1 Å². The highest BCUT2D eigenvalue weighted by molar-refractivity contribution is 9.11. The summed E-state index contributed by atoms with van der Waals surface area (Å²) in [7, 11) is 1.55. The van der Waals surface area contributed by atoms with Gasteiger partial charge in [-0.05, 0) is 89.4 Å². The van der Waals surface area contributed by atoms with Crippen LogP contribution in [-0.2, 0) is 9.59 Å². The molecule has 0 spiro atoms. The van der Waals surface area contributed by atoms with Gasteiger partial charge in [-0.1, -0.05) is 28.1 Å². The molecule has 36 heavy (non-hydrogen) atoms. The number of ether oxygens (including phenoxy) is 2. The molecule has 0 aliphatic rings. The second kappa shape index (κ2) is 12.4. The number of rotatable bonds is 8. The molecule has 0 heterocycles. The number of amides is 2. The molecule has 0 aliphatic heterocycles. The number of carbonyl (C=O) groups excluding carboxylic acids is 2. The largest absolute Gasteiger partial charge is 0.497 e. The topological polar surface area (TPSA) is 100 Å². The van der Waals surface area contributed by atoms with Gasteiger partial charge in [-0.25, -0.2) is 0 Å². The second-order valence-electron chi connectivity index (χ2n) is 7.81. The summed E-state index contributed by atoms with van der Waals surface area (Å²) in [6, 6.07) is 17.9. The zero-order valence-corrected chi connectivity index (χ0v) is 23.0. The molecule has 0 saturated carbocycles. The number of methoxy groups -OCH3 is 1. The Morgan fingerprint density at radius 1 is 1.03 bits per heavy atom. The highest BCUT2D eigenvalue weighted by atomic mass is 79.9. The maximum Gasteiger partial charge on any atom is 0.266 e. The van der Waals surface area contributed by atoms with Crippen LogP contribution in [0, 0.1) is 25.2 Å². The number of anilines is 2. The molecule has 2 N–H and O–H groups in total. The van der Waals surface area contributed by atoms with Gasteiger partial charge in [0.2, 0.25) is 0 Å². The number of nitrogens with zero attached hydrogens (tertiary/aromatic N) is 1. The van der Waals surface area contributed by atoms with Crippen LogP contribution in [0.3, 0.4) is 0 Å². The van der Waals surface area contributed by atoms with Gasteiger partial charge in [0.05, 0.1) is 11.6 Å². The van der Waals surface area contributed by atoms with Crippen molar-refractivity contribution in [2.24, 2.45) is 0 Å². The van der Waals surface area contributed by atoms with Crippen LogP contribution in [0.1, 0.15) is 16.7 Å². The number of hydrogen-bond acceptors (Lipinski definition) is 5. The van der Waals surface area contributed by atoms with E-state index in [0.717, 1.165) is 11.1 Å². The first kappa shape index (κ1) is 27.0. The molecule has 0 atom stereocenters. The highest BCUT2D eigenvalue weighted by Crippen LogP contribution is 2.34. The van der Waals surface area contributed by atoms with E-state index in [0.29, 0.717) is 37.4 Å².